The lowest BCUT2D eigenvalue weighted by Crippen LogP contribution is -2.17. The molecule has 0 fully saturated rings. The highest BCUT2D eigenvalue weighted by molar-refractivity contribution is 5.95. The van der Waals surface area contributed by atoms with Gasteiger partial charge >= 0.3 is 0 Å². The summed E-state index contributed by atoms with van der Waals surface area (Å²) < 4.78 is 7.71. The Morgan fingerprint density at radius 2 is 1.58 bits per heavy atom. The lowest BCUT2D eigenvalue weighted by molar-refractivity contribution is 0.0955. The summed E-state index contributed by atoms with van der Waals surface area (Å²) in [5.41, 5.74) is 7.46. The Labute approximate surface area is 208 Å². The smallest absolute Gasteiger partial charge is 0.271 e. The predicted octanol–water partition coefficient (Wildman–Crippen LogP) is 5.28. The Kier molecular flexibility index (Phi) is 6.90. The van der Waals surface area contributed by atoms with E-state index in [1.54, 1.807) is 35.4 Å². The van der Waals surface area contributed by atoms with Gasteiger partial charge in [-0.1, -0.05) is 48.5 Å². The van der Waals surface area contributed by atoms with Crippen molar-refractivity contribution in [2.45, 2.75) is 6.61 Å². The molecule has 3 aromatic carbocycles. The maximum absolute atomic E-state index is 12.3. The molecule has 0 atom stereocenters. The molecule has 0 aliphatic rings. The van der Waals surface area contributed by atoms with Crippen molar-refractivity contribution in [2.75, 3.05) is 0 Å². The van der Waals surface area contributed by atoms with Crippen LogP contribution in [0, 0.1) is 0 Å². The Morgan fingerprint density at radius 1 is 0.889 bits per heavy atom. The third kappa shape index (κ3) is 5.53. The molecular formula is C29H23N5O2. The average Bonchev–Trinajstić information content (AvgIpc) is 3.38. The van der Waals surface area contributed by atoms with Crippen molar-refractivity contribution in [3.05, 3.63) is 132 Å². The van der Waals surface area contributed by atoms with Crippen LogP contribution in [0.3, 0.4) is 0 Å². The van der Waals surface area contributed by atoms with E-state index in [2.05, 4.69) is 15.5 Å². The molecule has 36 heavy (non-hydrogen) atoms. The number of rotatable bonds is 8. The number of carbonyl (C=O) groups is 1. The standard InChI is InChI=1S/C29H23N5O2/c35-29(24-15-17-30-18-16-24)32-31-19-25-20-34(26-9-5-2-6-10-26)33-28(25)23-11-13-27(14-12-23)36-21-22-7-3-1-4-8-22/h1-20H,21H2,(H,32,35). The second-order valence-electron chi connectivity index (χ2n) is 7.95. The zero-order chi connectivity index (χ0) is 24.6. The minimum absolute atomic E-state index is 0.314. The van der Waals surface area contributed by atoms with Crippen LogP contribution in [0.25, 0.3) is 16.9 Å². The minimum atomic E-state index is -0.314. The summed E-state index contributed by atoms with van der Waals surface area (Å²) in [4.78, 5) is 16.3. The minimum Gasteiger partial charge on any atom is -0.489 e. The van der Waals surface area contributed by atoms with Gasteiger partial charge in [-0.05, 0) is 54.1 Å². The van der Waals surface area contributed by atoms with Crippen LogP contribution in [0.15, 0.2) is 121 Å². The second kappa shape index (κ2) is 10.9. The van der Waals surface area contributed by atoms with Crippen LogP contribution in [-0.2, 0) is 6.61 Å². The van der Waals surface area contributed by atoms with Crippen molar-refractivity contribution in [3.63, 3.8) is 0 Å². The quantitative estimate of drug-likeness (QED) is 0.246. The molecule has 0 saturated carbocycles. The van der Waals surface area contributed by atoms with Gasteiger partial charge in [-0.2, -0.15) is 10.2 Å². The van der Waals surface area contributed by atoms with E-state index in [0.717, 1.165) is 33.8 Å². The molecule has 0 bridgehead atoms. The van der Waals surface area contributed by atoms with Crippen LogP contribution in [0.4, 0.5) is 0 Å². The normalized spacial score (nSPS) is 10.9. The van der Waals surface area contributed by atoms with Gasteiger partial charge < -0.3 is 4.74 Å². The Balaban J connectivity index is 1.37. The van der Waals surface area contributed by atoms with Gasteiger partial charge in [0.2, 0.25) is 0 Å². The van der Waals surface area contributed by atoms with Crippen LogP contribution in [0.2, 0.25) is 0 Å². The molecule has 1 amide bonds. The summed E-state index contributed by atoms with van der Waals surface area (Å²) in [6.07, 6.45) is 6.61. The highest BCUT2D eigenvalue weighted by Gasteiger charge is 2.12. The summed E-state index contributed by atoms with van der Waals surface area (Å²) in [7, 11) is 0. The van der Waals surface area contributed by atoms with Gasteiger partial charge in [0.25, 0.3) is 5.91 Å². The average molecular weight is 474 g/mol. The van der Waals surface area contributed by atoms with Gasteiger partial charge in [-0.25, -0.2) is 10.1 Å². The van der Waals surface area contributed by atoms with Crippen LogP contribution >= 0.6 is 0 Å². The second-order valence-corrected chi connectivity index (χ2v) is 7.95. The van der Waals surface area contributed by atoms with E-state index in [0.29, 0.717) is 12.2 Å². The maximum Gasteiger partial charge on any atom is 0.271 e. The van der Waals surface area contributed by atoms with Crippen molar-refractivity contribution in [1.29, 1.82) is 0 Å². The number of ether oxygens (including phenoxy) is 1. The van der Waals surface area contributed by atoms with Gasteiger partial charge in [0, 0.05) is 35.3 Å². The van der Waals surface area contributed by atoms with E-state index < -0.39 is 0 Å². The van der Waals surface area contributed by atoms with E-state index in [-0.39, 0.29) is 5.91 Å². The monoisotopic (exact) mass is 473 g/mol. The van der Waals surface area contributed by atoms with Crippen LogP contribution in [0.1, 0.15) is 21.5 Å². The van der Waals surface area contributed by atoms with Gasteiger partial charge in [0.1, 0.15) is 18.1 Å². The van der Waals surface area contributed by atoms with Crippen molar-refractivity contribution in [2.24, 2.45) is 5.10 Å². The number of nitrogens with one attached hydrogen (secondary N) is 1. The number of pyridine rings is 1. The molecule has 2 aromatic heterocycles. The summed E-state index contributed by atoms with van der Waals surface area (Å²) >= 11 is 0. The van der Waals surface area contributed by atoms with E-state index in [1.807, 2.05) is 91.1 Å². The van der Waals surface area contributed by atoms with E-state index in [1.165, 1.54) is 0 Å². The lowest BCUT2D eigenvalue weighted by Gasteiger charge is -2.07. The van der Waals surface area contributed by atoms with Crippen molar-refractivity contribution in [1.82, 2.24) is 20.2 Å². The molecule has 0 unspecified atom stereocenters. The molecule has 2 heterocycles. The molecule has 0 aliphatic carbocycles. The number of hydrazone groups is 1. The molecule has 176 valence electrons. The molecular weight excluding hydrogens is 450 g/mol. The molecule has 5 rings (SSSR count). The topological polar surface area (TPSA) is 81.4 Å². The van der Waals surface area contributed by atoms with Gasteiger partial charge in [0.15, 0.2) is 0 Å². The largest absolute Gasteiger partial charge is 0.489 e. The van der Waals surface area contributed by atoms with Gasteiger partial charge in [0.05, 0.1) is 11.9 Å². The molecule has 1 N–H and O–H groups in total. The summed E-state index contributed by atoms with van der Waals surface area (Å²) in [5.74, 6) is 0.454. The number of benzene rings is 3. The fraction of sp³-hybridized carbons (Fsp3) is 0.0345. The van der Waals surface area contributed by atoms with E-state index in [9.17, 15) is 4.79 Å². The van der Waals surface area contributed by atoms with Gasteiger partial charge in [-0.15, -0.1) is 0 Å². The van der Waals surface area contributed by atoms with Gasteiger partial charge in [-0.3, -0.25) is 9.78 Å². The van der Waals surface area contributed by atoms with E-state index in [4.69, 9.17) is 9.84 Å². The Hall–Kier alpha value is -5.04. The third-order valence-corrected chi connectivity index (χ3v) is 5.45. The SMILES string of the molecule is O=C(NN=Cc1cn(-c2ccccc2)nc1-c1ccc(OCc2ccccc2)cc1)c1ccncc1. The Bertz CT molecular complexity index is 1450. The number of carbonyl (C=O) groups excluding carboxylic acids is 1. The van der Waals surface area contributed by atoms with Crippen molar-refractivity contribution < 1.29 is 9.53 Å². The highest BCUT2D eigenvalue weighted by Crippen LogP contribution is 2.25. The summed E-state index contributed by atoms with van der Waals surface area (Å²) in [5, 5.41) is 8.96. The predicted molar refractivity (Wildman–Crippen MR) is 139 cm³/mol. The zero-order valence-corrected chi connectivity index (χ0v) is 19.4. The summed E-state index contributed by atoms with van der Waals surface area (Å²) in [6.45, 7) is 0.498. The number of aromatic nitrogens is 3. The first kappa shape index (κ1) is 22.7. The molecule has 0 radical (unpaired) electrons. The number of para-hydroxylation sites is 1. The molecule has 0 aliphatic heterocycles. The molecule has 7 heteroatoms. The third-order valence-electron chi connectivity index (χ3n) is 5.45. The number of hydrogen-bond acceptors (Lipinski definition) is 5. The Morgan fingerprint density at radius 3 is 2.31 bits per heavy atom. The fourth-order valence-corrected chi connectivity index (χ4v) is 3.60. The summed E-state index contributed by atoms with van der Waals surface area (Å²) in [6, 6.07) is 30.9. The van der Waals surface area contributed by atoms with Crippen LogP contribution in [0.5, 0.6) is 5.75 Å². The zero-order valence-electron chi connectivity index (χ0n) is 19.4. The number of hydrogen-bond donors (Lipinski definition) is 1. The number of nitrogens with zero attached hydrogens (tertiary/aromatic N) is 4. The lowest BCUT2D eigenvalue weighted by atomic mass is 10.1. The van der Waals surface area contributed by atoms with Crippen molar-refractivity contribution in [3.8, 4) is 22.7 Å². The first-order valence-corrected chi connectivity index (χ1v) is 11.4. The van der Waals surface area contributed by atoms with E-state index >= 15 is 0 Å². The molecule has 0 spiro atoms. The number of amides is 1. The first-order chi connectivity index (χ1) is 17.8. The molecule has 0 saturated heterocycles. The fourth-order valence-electron chi connectivity index (χ4n) is 3.60. The molecule has 5 aromatic rings. The van der Waals surface area contributed by atoms with Crippen LogP contribution < -0.4 is 10.2 Å². The highest BCUT2D eigenvalue weighted by atomic mass is 16.5. The molecule has 7 nitrogen and oxygen atoms in total. The van der Waals surface area contributed by atoms with Crippen LogP contribution in [-0.4, -0.2) is 26.9 Å². The maximum atomic E-state index is 12.3. The van der Waals surface area contributed by atoms with Crippen molar-refractivity contribution >= 4 is 12.1 Å². The first-order valence-electron chi connectivity index (χ1n) is 11.4.